The molecule has 0 aliphatic heterocycles. The zero-order chi connectivity index (χ0) is 15.7. The summed E-state index contributed by atoms with van der Waals surface area (Å²) >= 11 is 0. The second-order valence-corrected chi connectivity index (χ2v) is 3.91. The fraction of sp³-hybridized carbons (Fsp3) is 0.600. The summed E-state index contributed by atoms with van der Waals surface area (Å²) in [5, 5.41) is 41.6. The van der Waals surface area contributed by atoms with Crippen LogP contribution in [0.5, 0.6) is 0 Å². The van der Waals surface area contributed by atoms with Crippen molar-refractivity contribution in [1.82, 2.24) is 9.80 Å². The van der Waals surface area contributed by atoms with Crippen LogP contribution in [0.3, 0.4) is 0 Å². The fourth-order valence-corrected chi connectivity index (χ4v) is 1.44. The van der Waals surface area contributed by atoms with Crippen molar-refractivity contribution in [2.45, 2.75) is 0 Å². The SMILES string of the molecule is O.O=C([O-])CN(CCN(CC(=O)[O-])CC(=O)[O-])CC(=O)[O-]. The van der Waals surface area contributed by atoms with E-state index in [0.717, 1.165) is 9.80 Å². The molecule has 0 spiro atoms. The zero-order valence-corrected chi connectivity index (χ0v) is 10.9. The third-order valence-corrected chi connectivity index (χ3v) is 2.14. The number of rotatable bonds is 11. The van der Waals surface area contributed by atoms with E-state index in [4.69, 9.17) is 0 Å². The average Bonchev–Trinajstić information content (AvgIpc) is 2.22. The van der Waals surface area contributed by atoms with E-state index in [1.165, 1.54) is 0 Å². The molecular formula is C10H14N2O9-4. The number of carboxylic acids is 4. The Morgan fingerprint density at radius 2 is 0.762 bits per heavy atom. The number of hydrogen-bond acceptors (Lipinski definition) is 10. The summed E-state index contributed by atoms with van der Waals surface area (Å²) in [4.78, 5) is 43.4. The summed E-state index contributed by atoms with van der Waals surface area (Å²) in [5.41, 5.74) is 0. The molecule has 2 N–H and O–H groups in total. The van der Waals surface area contributed by atoms with Crippen LogP contribution in [0.2, 0.25) is 0 Å². The maximum absolute atomic E-state index is 10.4. The summed E-state index contributed by atoms with van der Waals surface area (Å²) in [6.45, 7) is -3.25. The normalized spacial score (nSPS) is 10.2. The molecule has 0 unspecified atom stereocenters. The predicted molar refractivity (Wildman–Crippen MR) is 56.5 cm³/mol. The third-order valence-electron chi connectivity index (χ3n) is 2.14. The highest BCUT2D eigenvalue weighted by Crippen LogP contribution is 1.92. The van der Waals surface area contributed by atoms with Gasteiger partial charge in [0.2, 0.25) is 0 Å². The summed E-state index contributed by atoms with van der Waals surface area (Å²) in [7, 11) is 0. The molecule has 0 amide bonds. The Bertz CT molecular complexity index is 317. The molecular weight excluding hydrogens is 292 g/mol. The third kappa shape index (κ3) is 12.5. The van der Waals surface area contributed by atoms with Crippen LogP contribution in [0, 0.1) is 0 Å². The van der Waals surface area contributed by atoms with Gasteiger partial charge in [-0.2, -0.15) is 0 Å². The van der Waals surface area contributed by atoms with E-state index in [1.807, 2.05) is 0 Å². The first-order chi connectivity index (χ1) is 9.20. The van der Waals surface area contributed by atoms with Crippen molar-refractivity contribution in [1.29, 1.82) is 0 Å². The van der Waals surface area contributed by atoms with Crippen molar-refractivity contribution in [3.63, 3.8) is 0 Å². The zero-order valence-electron chi connectivity index (χ0n) is 10.9. The molecule has 0 rings (SSSR count). The van der Waals surface area contributed by atoms with Gasteiger partial charge in [-0.3, -0.25) is 9.80 Å². The van der Waals surface area contributed by atoms with Crippen LogP contribution in [-0.4, -0.2) is 78.4 Å². The molecule has 0 aliphatic carbocycles. The highest BCUT2D eigenvalue weighted by Gasteiger charge is 2.10. The molecule has 0 fully saturated rings. The molecule has 0 aromatic carbocycles. The monoisotopic (exact) mass is 306 g/mol. The molecule has 0 radical (unpaired) electrons. The molecule has 0 atom stereocenters. The lowest BCUT2D eigenvalue weighted by Gasteiger charge is -2.28. The summed E-state index contributed by atoms with van der Waals surface area (Å²) in [6.07, 6.45) is 0. The Balaban J connectivity index is 0. The largest absolute Gasteiger partial charge is 0.549 e. The Kier molecular flexibility index (Phi) is 10.6. The van der Waals surface area contributed by atoms with Crippen LogP contribution in [0.25, 0.3) is 0 Å². The van der Waals surface area contributed by atoms with Crippen molar-refractivity contribution in [2.75, 3.05) is 39.3 Å². The number of carbonyl (C=O) groups is 4. The molecule has 0 aromatic rings. The lowest BCUT2D eigenvalue weighted by atomic mass is 10.4. The highest BCUT2D eigenvalue weighted by atomic mass is 16.4. The van der Waals surface area contributed by atoms with Crippen molar-refractivity contribution < 1.29 is 45.1 Å². The van der Waals surface area contributed by atoms with Crippen LogP contribution in [0.15, 0.2) is 0 Å². The topological polar surface area (TPSA) is 198 Å². The van der Waals surface area contributed by atoms with E-state index < -0.39 is 50.1 Å². The molecule has 0 bridgehead atoms. The number of nitrogens with zero attached hydrogens (tertiary/aromatic N) is 2. The summed E-state index contributed by atoms with van der Waals surface area (Å²) < 4.78 is 0. The first kappa shape index (κ1) is 21.1. The van der Waals surface area contributed by atoms with Gasteiger partial charge in [0.1, 0.15) is 0 Å². The van der Waals surface area contributed by atoms with E-state index in [1.54, 1.807) is 0 Å². The second-order valence-electron chi connectivity index (χ2n) is 3.91. The van der Waals surface area contributed by atoms with Crippen LogP contribution < -0.4 is 20.4 Å². The molecule has 0 heterocycles. The second kappa shape index (κ2) is 10.5. The van der Waals surface area contributed by atoms with Gasteiger partial charge in [0.05, 0.1) is 23.9 Å². The Labute approximate surface area is 119 Å². The molecule has 0 saturated carbocycles. The van der Waals surface area contributed by atoms with Crippen molar-refractivity contribution in [2.24, 2.45) is 0 Å². The molecule has 11 heteroatoms. The van der Waals surface area contributed by atoms with Crippen molar-refractivity contribution in [3.05, 3.63) is 0 Å². The minimum absolute atomic E-state index is 0. The highest BCUT2D eigenvalue weighted by molar-refractivity contribution is 5.71. The Morgan fingerprint density at radius 3 is 0.905 bits per heavy atom. The van der Waals surface area contributed by atoms with Crippen LogP contribution in [0.4, 0.5) is 0 Å². The van der Waals surface area contributed by atoms with Gasteiger partial charge in [-0.25, -0.2) is 0 Å². The fourth-order valence-electron chi connectivity index (χ4n) is 1.44. The van der Waals surface area contributed by atoms with Crippen LogP contribution >= 0.6 is 0 Å². The molecule has 122 valence electrons. The first-order valence-corrected chi connectivity index (χ1v) is 5.44. The number of carboxylic acid groups (broad SMARTS) is 4. The van der Waals surface area contributed by atoms with Crippen molar-refractivity contribution in [3.8, 4) is 0 Å². The average molecular weight is 306 g/mol. The minimum Gasteiger partial charge on any atom is -0.549 e. The van der Waals surface area contributed by atoms with Gasteiger partial charge in [0.15, 0.2) is 0 Å². The molecule has 0 aromatic heterocycles. The van der Waals surface area contributed by atoms with Gasteiger partial charge >= 0.3 is 0 Å². The molecule has 0 aliphatic rings. The van der Waals surface area contributed by atoms with E-state index in [9.17, 15) is 39.6 Å². The Hall–Kier alpha value is -2.24. The Morgan fingerprint density at radius 1 is 0.571 bits per heavy atom. The number of aliphatic carboxylic acids is 4. The predicted octanol–water partition coefficient (Wildman–Crippen LogP) is -8.23. The van der Waals surface area contributed by atoms with Crippen molar-refractivity contribution >= 4 is 23.9 Å². The van der Waals surface area contributed by atoms with Gasteiger partial charge in [-0.1, -0.05) is 0 Å². The molecule has 0 saturated heterocycles. The van der Waals surface area contributed by atoms with Gasteiger partial charge in [-0.15, -0.1) is 0 Å². The van der Waals surface area contributed by atoms with Gasteiger partial charge in [0, 0.05) is 39.3 Å². The number of carbonyl (C=O) groups excluding carboxylic acids is 4. The van der Waals surface area contributed by atoms with E-state index in [-0.39, 0.29) is 18.6 Å². The molecule has 11 nitrogen and oxygen atoms in total. The molecule has 21 heavy (non-hydrogen) atoms. The quantitative estimate of drug-likeness (QED) is 0.353. The van der Waals surface area contributed by atoms with E-state index in [2.05, 4.69) is 0 Å². The maximum atomic E-state index is 10.4. The van der Waals surface area contributed by atoms with Gasteiger partial charge in [0.25, 0.3) is 0 Å². The summed E-state index contributed by atoms with van der Waals surface area (Å²) in [5.74, 6) is -6.12. The lowest BCUT2D eigenvalue weighted by molar-refractivity contribution is -0.314. The standard InChI is InChI=1S/C10H16N2O8.H2O/c13-7(14)3-11(4-8(15)16)1-2-12(5-9(17)18)6-10(19)20;/h1-6H2,(H,13,14)(H,15,16)(H,17,18)(H,19,20);1H2/p-4. The maximum Gasteiger partial charge on any atom is 0.0555 e. The number of hydrogen-bond donors (Lipinski definition) is 0. The van der Waals surface area contributed by atoms with Crippen LogP contribution in [0.1, 0.15) is 0 Å². The summed E-state index contributed by atoms with van der Waals surface area (Å²) in [6, 6.07) is 0. The van der Waals surface area contributed by atoms with Gasteiger partial charge < -0.3 is 45.1 Å². The van der Waals surface area contributed by atoms with Crippen LogP contribution in [-0.2, 0) is 19.2 Å². The van der Waals surface area contributed by atoms with E-state index in [0.29, 0.717) is 0 Å². The minimum atomic E-state index is -1.53. The van der Waals surface area contributed by atoms with E-state index >= 15 is 0 Å². The first-order valence-electron chi connectivity index (χ1n) is 5.44. The lowest BCUT2D eigenvalue weighted by Crippen LogP contribution is -2.50. The van der Waals surface area contributed by atoms with Gasteiger partial charge in [-0.05, 0) is 0 Å². The smallest absolute Gasteiger partial charge is 0.0555 e.